The Labute approximate surface area is 196 Å². The number of halogens is 3. The molecule has 3 heterocycles. The predicted octanol–water partition coefficient (Wildman–Crippen LogP) is 4.35. The van der Waals surface area contributed by atoms with Crippen LogP contribution in [0, 0.1) is 0 Å². The van der Waals surface area contributed by atoms with Crippen molar-refractivity contribution in [2.75, 3.05) is 39.4 Å². The van der Waals surface area contributed by atoms with Gasteiger partial charge in [-0.05, 0) is 41.3 Å². The fraction of sp³-hybridized carbons (Fsp3) is 0.480. The highest BCUT2D eigenvalue weighted by atomic mass is 19.4. The zero-order chi connectivity index (χ0) is 23.9. The molecule has 0 radical (unpaired) electrons. The van der Waals surface area contributed by atoms with E-state index in [0.29, 0.717) is 39.4 Å². The molecule has 182 valence electrons. The molecule has 34 heavy (non-hydrogen) atoms. The molecule has 9 heteroatoms. The molecule has 0 aromatic heterocycles. The Morgan fingerprint density at radius 3 is 1.94 bits per heavy atom. The van der Waals surface area contributed by atoms with Crippen molar-refractivity contribution in [2.24, 2.45) is 0 Å². The highest BCUT2D eigenvalue weighted by molar-refractivity contribution is 5.68. The van der Waals surface area contributed by atoms with E-state index in [4.69, 9.17) is 9.47 Å². The van der Waals surface area contributed by atoms with Crippen LogP contribution >= 0.6 is 0 Å². The maximum atomic E-state index is 12.8. The molecule has 2 aromatic rings. The van der Waals surface area contributed by atoms with Crippen molar-refractivity contribution in [1.29, 1.82) is 0 Å². The zero-order valence-electron chi connectivity index (χ0n) is 18.9. The first-order valence-corrected chi connectivity index (χ1v) is 11.6. The third kappa shape index (κ3) is 4.53. The van der Waals surface area contributed by atoms with Crippen LogP contribution in [0.5, 0.6) is 11.5 Å². The van der Waals surface area contributed by atoms with Crippen LogP contribution < -0.4 is 9.47 Å². The zero-order valence-corrected chi connectivity index (χ0v) is 18.9. The Kier molecular flexibility index (Phi) is 6.06. The molecule has 2 aromatic carbocycles. The van der Waals surface area contributed by atoms with E-state index in [2.05, 4.69) is 33.9 Å². The van der Waals surface area contributed by atoms with E-state index < -0.39 is 18.4 Å². The smallest absolute Gasteiger partial charge is 0.425 e. The summed E-state index contributed by atoms with van der Waals surface area (Å²) in [5.41, 5.74) is 4.61. The molecule has 0 spiro atoms. The SMILES string of the molecule is CC(OC(=O)N1CCN(C(c2ccc3c(c2)CCO3)c2ccc3c(c2)CCO3)CC1)C(F)(F)F. The maximum Gasteiger partial charge on any atom is 0.425 e. The summed E-state index contributed by atoms with van der Waals surface area (Å²) < 4.78 is 54.3. The van der Waals surface area contributed by atoms with Crippen molar-refractivity contribution >= 4 is 6.09 Å². The number of amides is 1. The minimum absolute atomic E-state index is 0.0518. The van der Waals surface area contributed by atoms with Crippen LogP contribution in [0.15, 0.2) is 36.4 Å². The van der Waals surface area contributed by atoms with Crippen molar-refractivity contribution in [3.05, 3.63) is 58.7 Å². The summed E-state index contributed by atoms with van der Waals surface area (Å²) in [6.45, 7) is 3.82. The molecule has 0 aliphatic carbocycles. The average Bonchev–Trinajstić information content (AvgIpc) is 3.47. The van der Waals surface area contributed by atoms with Crippen molar-refractivity contribution in [2.45, 2.75) is 38.1 Å². The molecule has 3 aliphatic rings. The van der Waals surface area contributed by atoms with Crippen molar-refractivity contribution < 1.29 is 32.2 Å². The lowest BCUT2D eigenvalue weighted by atomic mass is 9.93. The molecule has 6 nitrogen and oxygen atoms in total. The van der Waals surface area contributed by atoms with Crippen molar-refractivity contribution in [1.82, 2.24) is 9.80 Å². The Balaban J connectivity index is 1.36. The summed E-state index contributed by atoms with van der Waals surface area (Å²) in [6.07, 6.45) is -5.90. The predicted molar refractivity (Wildman–Crippen MR) is 118 cm³/mol. The molecule has 3 aliphatic heterocycles. The van der Waals surface area contributed by atoms with Gasteiger partial charge in [-0.2, -0.15) is 13.2 Å². The summed E-state index contributed by atoms with van der Waals surface area (Å²) in [4.78, 5) is 15.9. The van der Waals surface area contributed by atoms with Gasteiger partial charge in [-0.25, -0.2) is 4.79 Å². The fourth-order valence-electron chi connectivity index (χ4n) is 4.82. The molecule has 0 saturated carbocycles. The molecule has 5 rings (SSSR count). The molecule has 0 N–H and O–H groups in total. The largest absolute Gasteiger partial charge is 0.493 e. The number of hydrogen-bond donors (Lipinski definition) is 0. The highest BCUT2D eigenvalue weighted by Crippen LogP contribution is 2.37. The van der Waals surface area contributed by atoms with Crippen LogP contribution in [0.4, 0.5) is 18.0 Å². The molecule has 1 fully saturated rings. The van der Waals surface area contributed by atoms with E-state index >= 15 is 0 Å². The van der Waals surface area contributed by atoms with E-state index in [9.17, 15) is 18.0 Å². The second kappa shape index (κ2) is 9.02. The number of carbonyl (C=O) groups is 1. The molecule has 0 bridgehead atoms. The number of rotatable bonds is 4. The second-order valence-corrected chi connectivity index (χ2v) is 8.92. The molecule has 1 saturated heterocycles. The third-order valence-corrected chi connectivity index (χ3v) is 6.73. The topological polar surface area (TPSA) is 51.2 Å². The average molecular weight is 476 g/mol. The number of carbonyl (C=O) groups excluding carboxylic acids is 1. The number of hydrogen-bond acceptors (Lipinski definition) is 5. The summed E-state index contributed by atoms with van der Waals surface area (Å²) in [6, 6.07) is 12.5. The minimum atomic E-state index is -4.57. The van der Waals surface area contributed by atoms with Gasteiger partial charge in [-0.3, -0.25) is 4.90 Å². The first-order chi connectivity index (χ1) is 16.3. The van der Waals surface area contributed by atoms with Gasteiger partial charge < -0.3 is 19.1 Å². The number of piperazine rings is 1. The van der Waals surface area contributed by atoms with Crippen LogP contribution in [0.3, 0.4) is 0 Å². The number of benzene rings is 2. The van der Waals surface area contributed by atoms with E-state index in [0.717, 1.165) is 42.4 Å². The Bertz CT molecular complexity index is 1010. The monoisotopic (exact) mass is 476 g/mol. The quantitative estimate of drug-likeness (QED) is 0.657. The maximum absolute atomic E-state index is 12.8. The lowest BCUT2D eigenvalue weighted by Crippen LogP contribution is -2.51. The van der Waals surface area contributed by atoms with Gasteiger partial charge in [0.25, 0.3) is 0 Å². The van der Waals surface area contributed by atoms with Gasteiger partial charge in [-0.15, -0.1) is 0 Å². The third-order valence-electron chi connectivity index (χ3n) is 6.73. The van der Waals surface area contributed by atoms with E-state index in [1.165, 1.54) is 16.0 Å². The molecule has 1 amide bonds. The van der Waals surface area contributed by atoms with E-state index in [-0.39, 0.29) is 6.04 Å². The number of alkyl halides is 3. The van der Waals surface area contributed by atoms with Crippen molar-refractivity contribution in [3.8, 4) is 11.5 Å². The number of fused-ring (bicyclic) bond motifs is 2. The summed E-state index contributed by atoms with van der Waals surface area (Å²) in [5.74, 6) is 1.83. The second-order valence-electron chi connectivity index (χ2n) is 8.92. The van der Waals surface area contributed by atoms with Crippen LogP contribution in [-0.2, 0) is 17.6 Å². The minimum Gasteiger partial charge on any atom is -0.493 e. The standard InChI is InChI=1S/C25H27F3N2O4/c1-16(25(26,27)28)34-24(31)30-10-8-29(9-11-30)23(19-2-4-21-17(14-19)6-12-32-21)20-3-5-22-18(15-20)7-13-33-22/h2-5,14-16,23H,6-13H2,1H3. The first-order valence-electron chi connectivity index (χ1n) is 11.6. The fourth-order valence-corrected chi connectivity index (χ4v) is 4.82. The van der Waals surface area contributed by atoms with Gasteiger partial charge in [0.05, 0.1) is 19.3 Å². The van der Waals surface area contributed by atoms with Gasteiger partial charge >= 0.3 is 12.3 Å². The van der Waals surface area contributed by atoms with Gasteiger partial charge in [-0.1, -0.05) is 24.3 Å². The Morgan fingerprint density at radius 2 is 1.44 bits per heavy atom. The van der Waals surface area contributed by atoms with E-state index in [1.807, 2.05) is 12.1 Å². The molecular weight excluding hydrogens is 449 g/mol. The Morgan fingerprint density at radius 1 is 0.912 bits per heavy atom. The van der Waals surface area contributed by atoms with Gasteiger partial charge in [0.1, 0.15) is 11.5 Å². The van der Waals surface area contributed by atoms with Gasteiger partial charge in [0.2, 0.25) is 0 Å². The number of ether oxygens (including phenoxy) is 3. The first kappa shape index (κ1) is 22.8. The van der Waals surface area contributed by atoms with Crippen molar-refractivity contribution in [3.63, 3.8) is 0 Å². The number of nitrogens with zero attached hydrogens (tertiary/aromatic N) is 2. The summed E-state index contributed by atoms with van der Waals surface area (Å²) >= 11 is 0. The lowest BCUT2D eigenvalue weighted by Gasteiger charge is -2.39. The summed E-state index contributed by atoms with van der Waals surface area (Å²) in [5, 5.41) is 0. The molecule has 1 unspecified atom stereocenters. The Hall–Kier alpha value is -2.94. The van der Waals surface area contributed by atoms with Gasteiger partial charge in [0, 0.05) is 39.0 Å². The normalized spacial score (nSPS) is 18.8. The molecule has 1 atom stereocenters. The van der Waals surface area contributed by atoms with Crippen LogP contribution in [0.2, 0.25) is 0 Å². The van der Waals surface area contributed by atoms with Crippen LogP contribution in [0.25, 0.3) is 0 Å². The highest BCUT2D eigenvalue weighted by Gasteiger charge is 2.40. The van der Waals surface area contributed by atoms with Crippen LogP contribution in [-0.4, -0.2) is 67.6 Å². The molecular formula is C25H27F3N2O4. The van der Waals surface area contributed by atoms with Gasteiger partial charge in [0.15, 0.2) is 6.10 Å². The van der Waals surface area contributed by atoms with E-state index in [1.54, 1.807) is 0 Å². The summed E-state index contributed by atoms with van der Waals surface area (Å²) in [7, 11) is 0. The van der Waals surface area contributed by atoms with Crippen LogP contribution in [0.1, 0.15) is 35.2 Å². The lowest BCUT2D eigenvalue weighted by molar-refractivity contribution is -0.200.